The molecule has 0 N–H and O–H groups in total. The maximum Gasteiger partial charge on any atom is 0.136 e. The average molecular weight is 399 g/mol. The van der Waals surface area contributed by atoms with Crippen LogP contribution in [0, 0.1) is 52.3 Å². The van der Waals surface area contributed by atoms with Crippen molar-refractivity contribution in [1.82, 2.24) is 0 Å². The highest BCUT2D eigenvalue weighted by molar-refractivity contribution is 5.82. The van der Waals surface area contributed by atoms with Gasteiger partial charge in [-0.1, -0.05) is 72.5 Å². The van der Waals surface area contributed by atoms with Crippen LogP contribution in [0.3, 0.4) is 0 Å². The Morgan fingerprint density at radius 3 is 2.45 bits per heavy atom. The molecule has 0 radical (unpaired) electrons. The molecule has 164 valence electrons. The fraction of sp³-hybridized carbons (Fsp3) is 0.893. The molecule has 3 saturated carbocycles. The summed E-state index contributed by atoms with van der Waals surface area (Å²) in [6.07, 6.45) is 15.7. The van der Waals surface area contributed by atoms with Crippen LogP contribution in [-0.2, 0) is 4.79 Å². The lowest BCUT2D eigenvalue weighted by molar-refractivity contribution is -0.134. The monoisotopic (exact) mass is 398 g/mol. The van der Waals surface area contributed by atoms with Crippen molar-refractivity contribution in [2.45, 2.75) is 106 Å². The van der Waals surface area contributed by atoms with Crippen LogP contribution in [0.4, 0.5) is 0 Å². The number of hydrogen-bond donors (Lipinski definition) is 0. The third-order valence-electron chi connectivity index (χ3n) is 10.6. The van der Waals surface area contributed by atoms with Gasteiger partial charge in [0.1, 0.15) is 5.78 Å². The number of fused-ring (bicyclic) bond motifs is 5. The van der Waals surface area contributed by atoms with E-state index in [0.29, 0.717) is 22.5 Å². The first-order chi connectivity index (χ1) is 13.7. The topological polar surface area (TPSA) is 17.1 Å². The van der Waals surface area contributed by atoms with E-state index in [9.17, 15) is 4.79 Å². The molecule has 8 atom stereocenters. The van der Waals surface area contributed by atoms with Gasteiger partial charge in [-0.3, -0.25) is 4.79 Å². The Balaban J connectivity index is 1.53. The molecule has 29 heavy (non-hydrogen) atoms. The Morgan fingerprint density at radius 2 is 1.72 bits per heavy atom. The molecule has 0 bridgehead atoms. The van der Waals surface area contributed by atoms with Crippen LogP contribution in [-0.4, -0.2) is 5.78 Å². The number of carbonyl (C=O) groups is 1. The summed E-state index contributed by atoms with van der Waals surface area (Å²) in [4.78, 5) is 12.4. The molecule has 0 aromatic heterocycles. The van der Waals surface area contributed by atoms with Gasteiger partial charge < -0.3 is 0 Å². The molecule has 4 aliphatic rings. The SMILES string of the molecule is CC(C)CCC[C@@H](C)[C@H]1CC[C@H]2C3=CC[C@@H]4[C@H](C)C(=O)CC[C@]4(C)[C@H]3CC[C@]12C. The van der Waals surface area contributed by atoms with Gasteiger partial charge in [0.15, 0.2) is 0 Å². The van der Waals surface area contributed by atoms with Crippen molar-refractivity contribution in [1.29, 1.82) is 0 Å². The quantitative estimate of drug-likeness (QED) is 0.431. The smallest absolute Gasteiger partial charge is 0.136 e. The number of hydrogen-bond acceptors (Lipinski definition) is 1. The van der Waals surface area contributed by atoms with Crippen LogP contribution >= 0.6 is 0 Å². The van der Waals surface area contributed by atoms with E-state index in [1.54, 1.807) is 0 Å². The summed E-state index contributed by atoms with van der Waals surface area (Å²) in [5, 5.41) is 0. The summed E-state index contributed by atoms with van der Waals surface area (Å²) < 4.78 is 0. The lowest BCUT2D eigenvalue weighted by atomic mass is 9.46. The van der Waals surface area contributed by atoms with Crippen molar-refractivity contribution >= 4 is 5.78 Å². The van der Waals surface area contributed by atoms with Gasteiger partial charge in [-0.15, -0.1) is 0 Å². The van der Waals surface area contributed by atoms with E-state index in [-0.39, 0.29) is 5.92 Å². The van der Waals surface area contributed by atoms with Crippen LogP contribution in [0.5, 0.6) is 0 Å². The average Bonchev–Trinajstić information content (AvgIpc) is 3.02. The van der Waals surface area contributed by atoms with Gasteiger partial charge in [-0.25, -0.2) is 0 Å². The molecule has 0 spiro atoms. The van der Waals surface area contributed by atoms with E-state index in [1.165, 1.54) is 44.9 Å². The highest BCUT2D eigenvalue weighted by Gasteiger charge is 2.59. The summed E-state index contributed by atoms with van der Waals surface area (Å²) in [7, 11) is 0. The van der Waals surface area contributed by atoms with Gasteiger partial charge in [0.2, 0.25) is 0 Å². The lowest BCUT2D eigenvalue weighted by Crippen LogP contribution is -2.51. The molecular formula is C28H46O. The number of allylic oxidation sites excluding steroid dienone is 2. The minimum absolute atomic E-state index is 0.275. The number of ketones is 1. The van der Waals surface area contributed by atoms with Gasteiger partial charge in [0.25, 0.3) is 0 Å². The first kappa shape index (κ1) is 21.6. The first-order valence-electron chi connectivity index (χ1n) is 12.9. The van der Waals surface area contributed by atoms with Crippen LogP contribution in [0.2, 0.25) is 0 Å². The highest BCUT2D eigenvalue weighted by atomic mass is 16.1. The molecule has 0 aromatic carbocycles. The third kappa shape index (κ3) is 3.47. The molecule has 3 fully saturated rings. The van der Waals surface area contributed by atoms with Crippen molar-refractivity contribution in [3.05, 3.63) is 11.6 Å². The molecule has 1 nitrogen and oxygen atoms in total. The number of Topliss-reactive ketones (excluding diaryl/α,β-unsaturated/α-hetero) is 1. The zero-order chi connectivity index (χ0) is 21.0. The summed E-state index contributed by atoms with van der Waals surface area (Å²) in [5.41, 5.74) is 2.74. The predicted octanol–water partition coefficient (Wildman–Crippen LogP) is 7.84. The summed E-state index contributed by atoms with van der Waals surface area (Å²) in [6.45, 7) is 14.7. The molecule has 4 aliphatic carbocycles. The molecule has 0 unspecified atom stereocenters. The van der Waals surface area contributed by atoms with Crippen LogP contribution in [0.15, 0.2) is 11.6 Å². The molecule has 0 heterocycles. The lowest BCUT2D eigenvalue weighted by Gasteiger charge is -2.58. The zero-order valence-electron chi connectivity index (χ0n) is 20.1. The molecule has 1 heteroatoms. The van der Waals surface area contributed by atoms with Crippen molar-refractivity contribution < 1.29 is 4.79 Å². The van der Waals surface area contributed by atoms with E-state index in [4.69, 9.17) is 0 Å². The van der Waals surface area contributed by atoms with E-state index in [2.05, 4.69) is 47.6 Å². The zero-order valence-corrected chi connectivity index (χ0v) is 20.1. The fourth-order valence-corrected chi connectivity index (χ4v) is 8.78. The molecule has 0 amide bonds. The minimum Gasteiger partial charge on any atom is -0.299 e. The Labute approximate surface area is 180 Å². The predicted molar refractivity (Wildman–Crippen MR) is 123 cm³/mol. The number of carbonyl (C=O) groups excluding carboxylic acids is 1. The van der Waals surface area contributed by atoms with E-state index >= 15 is 0 Å². The highest BCUT2D eigenvalue weighted by Crippen LogP contribution is 2.67. The minimum atomic E-state index is 0.275. The van der Waals surface area contributed by atoms with Gasteiger partial charge in [-0.05, 0) is 84.9 Å². The Bertz CT molecular complexity index is 659. The van der Waals surface area contributed by atoms with Gasteiger partial charge in [0, 0.05) is 12.3 Å². The summed E-state index contributed by atoms with van der Waals surface area (Å²) >= 11 is 0. The summed E-state index contributed by atoms with van der Waals surface area (Å²) in [5.74, 6) is 5.61. The van der Waals surface area contributed by atoms with Crippen molar-refractivity contribution in [3.63, 3.8) is 0 Å². The maximum absolute atomic E-state index is 12.4. The van der Waals surface area contributed by atoms with Crippen molar-refractivity contribution in [2.24, 2.45) is 52.3 Å². The second-order valence-corrected chi connectivity index (χ2v) is 12.4. The second kappa shape index (κ2) is 7.83. The molecular weight excluding hydrogens is 352 g/mol. The van der Waals surface area contributed by atoms with Gasteiger partial charge >= 0.3 is 0 Å². The van der Waals surface area contributed by atoms with Gasteiger partial charge in [-0.2, -0.15) is 0 Å². The maximum atomic E-state index is 12.4. The normalized spacial score (nSPS) is 45.4. The van der Waals surface area contributed by atoms with Crippen molar-refractivity contribution in [2.75, 3.05) is 0 Å². The Kier molecular flexibility index (Phi) is 5.84. The molecule has 0 aromatic rings. The Hall–Kier alpha value is -0.590. The molecule has 4 rings (SSSR count). The van der Waals surface area contributed by atoms with E-state index in [0.717, 1.165) is 48.9 Å². The first-order valence-corrected chi connectivity index (χ1v) is 12.9. The Morgan fingerprint density at radius 1 is 1.00 bits per heavy atom. The van der Waals surface area contributed by atoms with Crippen LogP contribution in [0.1, 0.15) is 106 Å². The number of rotatable bonds is 5. The third-order valence-corrected chi connectivity index (χ3v) is 10.6. The molecule has 0 aliphatic heterocycles. The van der Waals surface area contributed by atoms with Gasteiger partial charge in [0.05, 0.1) is 0 Å². The van der Waals surface area contributed by atoms with E-state index in [1.807, 2.05) is 5.57 Å². The van der Waals surface area contributed by atoms with Crippen molar-refractivity contribution in [3.8, 4) is 0 Å². The van der Waals surface area contributed by atoms with Crippen LogP contribution < -0.4 is 0 Å². The summed E-state index contributed by atoms with van der Waals surface area (Å²) in [6, 6.07) is 0. The molecule has 0 saturated heterocycles. The largest absolute Gasteiger partial charge is 0.299 e. The second-order valence-electron chi connectivity index (χ2n) is 12.4. The standard InChI is InChI=1S/C28H46O/c1-18(2)8-7-9-19(3)22-12-13-24-21-10-11-23-20(4)26(29)15-17-28(23,6)25(21)14-16-27(22,24)5/h10,18-20,22-25H,7-9,11-17H2,1-6H3/t19-,20+,22-,23-,24+,25+,27-,28+/m1/s1. The van der Waals surface area contributed by atoms with E-state index < -0.39 is 0 Å². The fourth-order valence-electron chi connectivity index (χ4n) is 8.78. The van der Waals surface area contributed by atoms with Crippen LogP contribution in [0.25, 0.3) is 0 Å².